The van der Waals surface area contributed by atoms with Gasteiger partial charge in [-0.3, -0.25) is 9.10 Å². The average Bonchev–Trinajstić information content (AvgIpc) is 3.15. The number of rotatable bonds is 8. The molecule has 4 rings (SSSR count). The number of hydrogen-bond acceptors (Lipinski definition) is 4. The first-order valence-corrected chi connectivity index (χ1v) is 14.2. The number of carbonyl (C=O) groups is 1. The van der Waals surface area contributed by atoms with Crippen LogP contribution in [0.3, 0.4) is 0 Å². The molecule has 0 aliphatic carbocycles. The Bertz CT molecular complexity index is 1550. The molecular weight excluding hydrogens is 552 g/mol. The first-order valence-electron chi connectivity index (χ1n) is 11.5. The second-order valence-corrected chi connectivity index (χ2v) is 11.4. The maximum absolute atomic E-state index is 13.1. The summed E-state index contributed by atoms with van der Waals surface area (Å²) >= 11 is 3.46. The number of nitrogens with one attached hydrogen (secondary N) is 1. The molecular formula is C28H27BrN4O3S. The molecule has 0 unspecified atom stereocenters. The van der Waals surface area contributed by atoms with Crippen LogP contribution >= 0.6 is 15.9 Å². The van der Waals surface area contributed by atoms with Crippen LogP contribution < -0.4 is 9.73 Å². The van der Waals surface area contributed by atoms with E-state index in [1.54, 1.807) is 30.5 Å². The number of hydrazone groups is 1. The predicted molar refractivity (Wildman–Crippen MR) is 152 cm³/mol. The van der Waals surface area contributed by atoms with Crippen LogP contribution in [0.15, 0.2) is 94.5 Å². The standard InChI is InChI=1S/C28H27BrN4O3S/c1-20-17-23(21(2)33(20)25-15-13-24(29)14-16-25)18-30-31-28(34)26-11-7-8-12-27(26)32(37(3,35)36)19-22-9-5-4-6-10-22/h4-18H,19H2,1-3H3,(H,31,34)/b30-18-. The highest BCUT2D eigenvalue weighted by Crippen LogP contribution is 2.25. The molecule has 0 bridgehead atoms. The summed E-state index contributed by atoms with van der Waals surface area (Å²) in [5.74, 6) is -0.504. The van der Waals surface area contributed by atoms with Gasteiger partial charge in [-0.2, -0.15) is 5.10 Å². The molecule has 190 valence electrons. The minimum Gasteiger partial charge on any atom is -0.318 e. The Morgan fingerprint density at radius 2 is 1.65 bits per heavy atom. The SMILES string of the molecule is Cc1cc(/C=N\NC(=O)c2ccccc2N(Cc2ccccc2)S(C)(=O)=O)c(C)n1-c1ccc(Br)cc1. The number of aromatic nitrogens is 1. The third-order valence-corrected chi connectivity index (χ3v) is 7.57. The number of halogens is 1. The van der Waals surface area contributed by atoms with E-state index in [9.17, 15) is 13.2 Å². The number of amides is 1. The lowest BCUT2D eigenvalue weighted by Gasteiger charge is -2.24. The van der Waals surface area contributed by atoms with Crippen molar-refractivity contribution in [3.63, 3.8) is 0 Å². The quantitative estimate of drug-likeness (QED) is 0.218. The highest BCUT2D eigenvalue weighted by Gasteiger charge is 2.23. The van der Waals surface area contributed by atoms with E-state index in [2.05, 4.69) is 31.0 Å². The second-order valence-electron chi connectivity index (χ2n) is 8.61. The van der Waals surface area contributed by atoms with Crippen LogP contribution in [-0.2, 0) is 16.6 Å². The smallest absolute Gasteiger partial charge is 0.273 e. The van der Waals surface area contributed by atoms with E-state index in [1.807, 2.05) is 74.5 Å². The lowest BCUT2D eigenvalue weighted by molar-refractivity contribution is 0.0955. The van der Waals surface area contributed by atoms with Crippen LogP contribution in [-0.4, -0.2) is 31.4 Å². The molecule has 0 radical (unpaired) electrons. The Morgan fingerprint density at radius 3 is 2.32 bits per heavy atom. The number of aryl methyl sites for hydroxylation is 1. The van der Waals surface area contributed by atoms with Crippen molar-refractivity contribution < 1.29 is 13.2 Å². The Kier molecular flexibility index (Phi) is 7.94. The Labute approximate surface area is 225 Å². The molecule has 9 heteroatoms. The number of sulfonamides is 1. The first kappa shape index (κ1) is 26.4. The highest BCUT2D eigenvalue weighted by atomic mass is 79.9. The van der Waals surface area contributed by atoms with Crippen molar-refractivity contribution in [1.82, 2.24) is 9.99 Å². The molecule has 0 aliphatic rings. The molecule has 7 nitrogen and oxygen atoms in total. The predicted octanol–water partition coefficient (Wildman–Crippen LogP) is 5.59. The second kappa shape index (κ2) is 11.1. The number of nitrogens with zero attached hydrogens (tertiary/aromatic N) is 3. The number of hydrogen-bond donors (Lipinski definition) is 1. The maximum atomic E-state index is 13.1. The summed E-state index contributed by atoms with van der Waals surface area (Å²) in [6, 6.07) is 25.8. The largest absolute Gasteiger partial charge is 0.318 e. The fraction of sp³-hybridized carbons (Fsp3) is 0.143. The molecule has 1 N–H and O–H groups in total. The summed E-state index contributed by atoms with van der Waals surface area (Å²) in [5, 5.41) is 4.17. The zero-order chi connectivity index (χ0) is 26.6. The monoisotopic (exact) mass is 578 g/mol. The van der Waals surface area contributed by atoms with Crippen LogP contribution in [0.25, 0.3) is 5.69 Å². The van der Waals surface area contributed by atoms with Gasteiger partial charge in [0.05, 0.1) is 30.3 Å². The molecule has 0 saturated heterocycles. The van der Waals surface area contributed by atoms with E-state index in [1.165, 1.54) is 4.31 Å². The lowest BCUT2D eigenvalue weighted by Crippen LogP contribution is -2.32. The summed E-state index contributed by atoms with van der Waals surface area (Å²) in [4.78, 5) is 13.1. The molecule has 0 fully saturated rings. The van der Waals surface area contributed by atoms with Gasteiger partial charge in [-0.1, -0.05) is 58.4 Å². The third kappa shape index (κ3) is 6.18. The average molecular weight is 580 g/mol. The Morgan fingerprint density at radius 1 is 1.00 bits per heavy atom. The minimum absolute atomic E-state index is 0.106. The maximum Gasteiger partial charge on any atom is 0.273 e. The van der Waals surface area contributed by atoms with Gasteiger partial charge in [-0.25, -0.2) is 13.8 Å². The molecule has 1 heterocycles. The van der Waals surface area contributed by atoms with E-state index in [0.29, 0.717) is 0 Å². The first-order chi connectivity index (χ1) is 17.6. The molecule has 0 saturated carbocycles. The van der Waals surface area contributed by atoms with Gasteiger partial charge in [-0.05, 0) is 61.9 Å². The Balaban J connectivity index is 1.57. The van der Waals surface area contributed by atoms with Gasteiger partial charge >= 0.3 is 0 Å². The summed E-state index contributed by atoms with van der Waals surface area (Å²) in [7, 11) is -3.66. The molecule has 1 aromatic heterocycles. The molecule has 1 amide bonds. The van der Waals surface area contributed by atoms with Crippen molar-refractivity contribution in [1.29, 1.82) is 0 Å². The lowest BCUT2D eigenvalue weighted by atomic mass is 10.1. The Hall–Kier alpha value is -3.69. The molecule has 3 aromatic carbocycles. The topological polar surface area (TPSA) is 83.8 Å². The van der Waals surface area contributed by atoms with E-state index >= 15 is 0 Å². The zero-order valence-corrected chi connectivity index (χ0v) is 23.1. The van der Waals surface area contributed by atoms with E-state index in [-0.39, 0.29) is 17.8 Å². The van der Waals surface area contributed by atoms with Gasteiger partial charge in [0.15, 0.2) is 0 Å². The summed E-state index contributed by atoms with van der Waals surface area (Å²) in [5.41, 5.74) is 7.75. The van der Waals surface area contributed by atoms with Crippen molar-refractivity contribution in [3.05, 3.63) is 117 Å². The van der Waals surface area contributed by atoms with Crippen molar-refractivity contribution in [2.24, 2.45) is 5.10 Å². The van der Waals surface area contributed by atoms with Gasteiger partial charge in [0.1, 0.15) is 0 Å². The zero-order valence-electron chi connectivity index (χ0n) is 20.7. The van der Waals surface area contributed by atoms with E-state index < -0.39 is 15.9 Å². The van der Waals surface area contributed by atoms with Gasteiger partial charge in [0.25, 0.3) is 5.91 Å². The summed E-state index contributed by atoms with van der Waals surface area (Å²) in [6.45, 7) is 4.10. The van der Waals surface area contributed by atoms with Crippen LogP contribution in [0, 0.1) is 13.8 Å². The fourth-order valence-corrected chi connectivity index (χ4v) is 5.30. The number of anilines is 1. The fourth-order valence-electron chi connectivity index (χ4n) is 4.14. The van der Waals surface area contributed by atoms with E-state index in [0.717, 1.165) is 38.9 Å². The number of carbonyl (C=O) groups excluding carboxylic acids is 1. The third-order valence-electron chi connectivity index (χ3n) is 5.91. The van der Waals surface area contributed by atoms with Gasteiger partial charge in [0.2, 0.25) is 10.0 Å². The van der Waals surface area contributed by atoms with Crippen LogP contribution in [0.5, 0.6) is 0 Å². The van der Waals surface area contributed by atoms with Crippen molar-refractivity contribution in [2.45, 2.75) is 20.4 Å². The summed E-state index contributed by atoms with van der Waals surface area (Å²) in [6.07, 6.45) is 2.72. The van der Waals surface area contributed by atoms with Crippen molar-refractivity contribution in [3.8, 4) is 5.69 Å². The van der Waals surface area contributed by atoms with Crippen molar-refractivity contribution in [2.75, 3.05) is 10.6 Å². The van der Waals surface area contributed by atoms with Crippen LogP contribution in [0.4, 0.5) is 5.69 Å². The minimum atomic E-state index is -3.66. The molecule has 0 spiro atoms. The summed E-state index contributed by atoms with van der Waals surface area (Å²) < 4.78 is 29.7. The normalized spacial score (nSPS) is 11.6. The number of benzene rings is 3. The van der Waals surface area contributed by atoms with Gasteiger partial charge in [0, 0.05) is 27.1 Å². The highest BCUT2D eigenvalue weighted by molar-refractivity contribution is 9.10. The van der Waals surface area contributed by atoms with Crippen molar-refractivity contribution >= 4 is 43.8 Å². The molecule has 0 atom stereocenters. The van der Waals surface area contributed by atoms with Gasteiger partial charge in [-0.15, -0.1) is 0 Å². The molecule has 37 heavy (non-hydrogen) atoms. The van der Waals surface area contributed by atoms with Crippen LogP contribution in [0.1, 0.15) is 32.9 Å². The van der Waals surface area contributed by atoms with E-state index in [4.69, 9.17) is 0 Å². The number of para-hydroxylation sites is 1. The van der Waals surface area contributed by atoms with Crippen LogP contribution in [0.2, 0.25) is 0 Å². The van der Waals surface area contributed by atoms with Gasteiger partial charge < -0.3 is 4.57 Å². The molecule has 0 aliphatic heterocycles. The molecule has 4 aromatic rings.